The van der Waals surface area contributed by atoms with Crippen molar-refractivity contribution < 1.29 is 9.21 Å². The standard InChI is InChI=1S/C14H11ClN4O2S/c15-9-3-1-4-10(7-9)19-12(17-18-14(19)22)8-16-13(20)11-5-2-6-21-11/h1-7H,8H2,(H,16,20)(H,18,22). The van der Waals surface area contributed by atoms with Gasteiger partial charge in [0.25, 0.3) is 5.91 Å². The number of rotatable bonds is 4. The highest BCUT2D eigenvalue weighted by atomic mass is 35.5. The van der Waals surface area contributed by atoms with Crippen molar-refractivity contribution in [2.45, 2.75) is 6.54 Å². The number of nitrogens with one attached hydrogen (secondary N) is 2. The number of aromatic amines is 1. The summed E-state index contributed by atoms with van der Waals surface area (Å²) in [6, 6.07) is 10.4. The highest BCUT2D eigenvalue weighted by molar-refractivity contribution is 7.71. The summed E-state index contributed by atoms with van der Waals surface area (Å²) >= 11 is 11.2. The molecule has 6 nitrogen and oxygen atoms in total. The van der Waals surface area contributed by atoms with Crippen LogP contribution in [-0.4, -0.2) is 20.7 Å². The minimum Gasteiger partial charge on any atom is -0.459 e. The van der Waals surface area contributed by atoms with Crippen LogP contribution in [0.15, 0.2) is 47.1 Å². The number of halogens is 1. The summed E-state index contributed by atoms with van der Waals surface area (Å²) in [6.07, 6.45) is 1.44. The lowest BCUT2D eigenvalue weighted by molar-refractivity contribution is 0.0922. The Hall–Kier alpha value is -2.38. The molecule has 0 aliphatic rings. The van der Waals surface area contributed by atoms with Crippen LogP contribution in [0.3, 0.4) is 0 Å². The van der Waals surface area contributed by atoms with Crippen LogP contribution in [0.2, 0.25) is 5.02 Å². The quantitative estimate of drug-likeness (QED) is 0.719. The molecule has 0 atom stereocenters. The second-order valence-electron chi connectivity index (χ2n) is 4.42. The summed E-state index contributed by atoms with van der Waals surface area (Å²) in [5.74, 6) is 0.479. The van der Waals surface area contributed by atoms with Crippen LogP contribution in [0.5, 0.6) is 0 Å². The van der Waals surface area contributed by atoms with Gasteiger partial charge in [-0.1, -0.05) is 17.7 Å². The van der Waals surface area contributed by atoms with Crippen molar-refractivity contribution in [2.75, 3.05) is 0 Å². The first kappa shape index (κ1) is 14.6. The predicted octanol–water partition coefficient (Wildman–Crippen LogP) is 3.11. The lowest BCUT2D eigenvalue weighted by atomic mass is 10.3. The fourth-order valence-electron chi connectivity index (χ4n) is 1.98. The highest BCUT2D eigenvalue weighted by Gasteiger charge is 2.12. The number of aromatic nitrogens is 3. The Bertz CT molecular complexity index is 854. The molecule has 0 saturated heterocycles. The van der Waals surface area contributed by atoms with Crippen LogP contribution < -0.4 is 5.32 Å². The van der Waals surface area contributed by atoms with Crippen molar-refractivity contribution in [1.82, 2.24) is 20.1 Å². The van der Waals surface area contributed by atoms with Crippen LogP contribution in [0, 0.1) is 4.77 Å². The largest absolute Gasteiger partial charge is 0.459 e. The van der Waals surface area contributed by atoms with E-state index in [1.807, 2.05) is 12.1 Å². The van der Waals surface area contributed by atoms with Gasteiger partial charge in [0.15, 0.2) is 16.4 Å². The van der Waals surface area contributed by atoms with Gasteiger partial charge in [-0.2, -0.15) is 5.10 Å². The van der Waals surface area contributed by atoms with Crippen LogP contribution in [-0.2, 0) is 6.54 Å². The molecule has 3 aromatic rings. The molecule has 2 heterocycles. The van der Waals surface area contributed by atoms with Crippen LogP contribution in [0.4, 0.5) is 0 Å². The van der Waals surface area contributed by atoms with Gasteiger partial charge in [-0.05, 0) is 42.5 Å². The summed E-state index contributed by atoms with van der Waals surface area (Å²) in [6.45, 7) is 0.194. The van der Waals surface area contributed by atoms with Gasteiger partial charge >= 0.3 is 0 Å². The summed E-state index contributed by atoms with van der Waals surface area (Å²) < 4.78 is 7.17. The summed E-state index contributed by atoms with van der Waals surface area (Å²) in [5, 5.41) is 10.2. The van der Waals surface area contributed by atoms with E-state index < -0.39 is 0 Å². The zero-order valence-corrected chi connectivity index (χ0v) is 12.8. The van der Waals surface area contributed by atoms with E-state index >= 15 is 0 Å². The second kappa shape index (κ2) is 6.17. The smallest absolute Gasteiger partial charge is 0.287 e. The molecule has 0 aliphatic heterocycles. The summed E-state index contributed by atoms with van der Waals surface area (Å²) in [7, 11) is 0. The number of amides is 1. The fraction of sp³-hybridized carbons (Fsp3) is 0.0714. The molecule has 112 valence electrons. The molecule has 2 N–H and O–H groups in total. The van der Waals surface area contributed by atoms with E-state index in [0.29, 0.717) is 15.6 Å². The molecule has 0 fully saturated rings. The average Bonchev–Trinajstić information content (AvgIpc) is 3.14. The summed E-state index contributed by atoms with van der Waals surface area (Å²) in [5.41, 5.74) is 0.772. The van der Waals surface area contributed by atoms with Crippen LogP contribution in [0.25, 0.3) is 5.69 Å². The molecular formula is C14H11ClN4O2S. The van der Waals surface area contributed by atoms with Crippen LogP contribution >= 0.6 is 23.8 Å². The van der Waals surface area contributed by atoms with Gasteiger partial charge in [0.2, 0.25) is 0 Å². The zero-order valence-electron chi connectivity index (χ0n) is 11.2. The van der Waals surface area contributed by atoms with Gasteiger partial charge in [0, 0.05) is 5.02 Å². The third-order valence-electron chi connectivity index (χ3n) is 2.96. The van der Waals surface area contributed by atoms with Crippen molar-refractivity contribution >= 4 is 29.7 Å². The number of furan rings is 1. The Morgan fingerprint density at radius 3 is 3.00 bits per heavy atom. The van der Waals surface area contributed by atoms with Crippen molar-refractivity contribution in [3.8, 4) is 5.69 Å². The van der Waals surface area contributed by atoms with E-state index in [1.165, 1.54) is 6.26 Å². The first-order valence-corrected chi connectivity index (χ1v) is 7.18. The van der Waals surface area contributed by atoms with Gasteiger partial charge < -0.3 is 9.73 Å². The molecule has 0 radical (unpaired) electrons. The number of nitrogens with zero attached hydrogens (tertiary/aromatic N) is 2. The maximum absolute atomic E-state index is 11.9. The Kier molecular flexibility index (Phi) is 4.08. The number of benzene rings is 1. The molecule has 0 aliphatic carbocycles. The Labute approximate surface area is 135 Å². The van der Waals surface area contributed by atoms with E-state index in [2.05, 4.69) is 15.5 Å². The van der Waals surface area contributed by atoms with Crippen molar-refractivity contribution in [3.63, 3.8) is 0 Å². The summed E-state index contributed by atoms with van der Waals surface area (Å²) in [4.78, 5) is 11.9. The third kappa shape index (κ3) is 2.95. The average molecular weight is 335 g/mol. The maximum Gasteiger partial charge on any atom is 0.287 e. The number of hydrogen-bond donors (Lipinski definition) is 2. The predicted molar refractivity (Wildman–Crippen MR) is 83.6 cm³/mol. The number of carbonyl (C=O) groups excluding carboxylic acids is 1. The van der Waals surface area contributed by atoms with Crippen molar-refractivity contribution in [3.05, 3.63) is 64.0 Å². The molecule has 8 heteroatoms. The van der Waals surface area contributed by atoms with Crippen molar-refractivity contribution in [1.29, 1.82) is 0 Å². The maximum atomic E-state index is 11.9. The molecule has 22 heavy (non-hydrogen) atoms. The number of carbonyl (C=O) groups is 1. The lowest BCUT2D eigenvalue weighted by Crippen LogP contribution is -2.24. The topological polar surface area (TPSA) is 75.8 Å². The fourth-order valence-corrected chi connectivity index (χ4v) is 2.42. The SMILES string of the molecule is O=C(NCc1n[nH]c(=S)n1-c1cccc(Cl)c1)c1ccco1. The number of hydrogen-bond acceptors (Lipinski definition) is 4. The molecular weight excluding hydrogens is 324 g/mol. The minimum atomic E-state index is -0.323. The Morgan fingerprint density at radius 1 is 1.41 bits per heavy atom. The molecule has 0 unspecified atom stereocenters. The van der Waals surface area contributed by atoms with E-state index in [0.717, 1.165) is 5.69 Å². The Balaban J connectivity index is 1.84. The monoisotopic (exact) mass is 334 g/mol. The Morgan fingerprint density at radius 2 is 2.27 bits per heavy atom. The molecule has 1 aromatic carbocycles. The van der Waals surface area contributed by atoms with E-state index in [4.69, 9.17) is 28.2 Å². The third-order valence-corrected chi connectivity index (χ3v) is 3.47. The van der Waals surface area contributed by atoms with Gasteiger partial charge in [-0.25, -0.2) is 0 Å². The molecule has 0 saturated carbocycles. The van der Waals surface area contributed by atoms with Crippen molar-refractivity contribution in [2.24, 2.45) is 0 Å². The van der Waals surface area contributed by atoms with E-state index in [1.54, 1.807) is 28.8 Å². The molecule has 2 aromatic heterocycles. The first-order valence-electron chi connectivity index (χ1n) is 6.39. The van der Waals surface area contributed by atoms with Gasteiger partial charge in [-0.3, -0.25) is 14.5 Å². The molecule has 3 rings (SSSR count). The van der Waals surface area contributed by atoms with E-state index in [-0.39, 0.29) is 18.2 Å². The zero-order chi connectivity index (χ0) is 15.5. The lowest BCUT2D eigenvalue weighted by Gasteiger charge is -2.07. The first-order chi connectivity index (χ1) is 10.6. The number of H-pyrrole nitrogens is 1. The van der Waals surface area contributed by atoms with Crippen LogP contribution in [0.1, 0.15) is 16.4 Å². The normalized spacial score (nSPS) is 10.6. The van der Waals surface area contributed by atoms with Gasteiger partial charge in [-0.15, -0.1) is 0 Å². The van der Waals surface area contributed by atoms with Gasteiger partial charge in [0.05, 0.1) is 18.5 Å². The minimum absolute atomic E-state index is 0.194. The molecule has 1 amide bonds. The second-order valence-corrected chi connectivity index (χ2v) is 5.24. The molecule has 0 spiro atoms. The molecule has 0 bridgehead atoms. The van der Waals surface area contributed by atoms with Gasteiger partial charge in [0.1, 0.15) is 0 Å². The highest BCUT2D eigenvalue weighted by Crippen LogP contribution is 2.16. The van der Waals surface area contributed by atoms with E-state index in [9.17, 15) is 4.79 Å².